The predicted molar refractivity (Wildman–Crippen MR) is 77.4 cm³/mol. The third-order valence-electron chi connectivity index (χ3n) is 4.77. The van der Waals surface area contributed by atoms with Gasteiger partial charge in [-0.25, -0.2) is 0 Å². The Balaban J connectivity index is 2.90. The van der Waals surface area contributed by atoms with Crippen LogP contribution in [-0.4, -0.2) is 23.4 Å². The van der Waals surface area contributed by atoms with Crippen molar-refractivity contribution in [3.63, 3.8) is 0 Å². The van der Waals surface area contributed by atoms with Crippen LogP contribution < -0.4 is 0 Å². The summed E-state index contributed by atoms with van der Waals surface area (Å²) < 4.78 is 0. The largest absolute Gasteiger partial charge is 0.339 e. The van der Waals surface area contributed by atoms with E-state index in [1.54, 1.807) is 0 Å². The molecule has 1 aliphatic heterocycles. The molecule has 1 unspecified atom stereocenters. The van der Waals surface area contributed by atoms with Gasteiger partial charge in [-0.1, -0.05) is 48.5 Å². The summed E-state index contributed by atoms with van der Waals surface area (Å²) in [6, 6.07) is 0.366. The zero-order chi connectivity index (χ0) is 14.1. The minimum Gasteiger partial charge on any atom is -0.339 e. The van der Waals surface area contributed by atoms with Crippen LogP contribution in [0.25, 0.3) is 0 Å². The Bertz CT molecular complexity index is 299. The van der Waals surface area contributed by atoms with Crippen LogP contribution in [-0.2, 0) is 4.79 Å². The fraction of sp³-hybridized carbons (Fsp3) is 0.938. The molecule has 1 fully saturated rings. The summed E-state index contributed by atoms with van der Waals surface area (Å²) in [7, 11) is 0. The average Bonchev–Trinajstić information content (AvgIpc) is 2.59. The highest BCUT2D eigenvalue weighted by Gasteiger charge is 2.39. The van der Waals surface area contributed by atoms with Crippen molar-refractivity contribution >= 4 is 5.91 Å². The lowest BCUT2D eigenvalue weighted by Crippen LogP contribution is -2.47. The number of hydrogen-bond acceptors (Lipinski definition) is 1. The van der Waals surface area contributed by atoms with Gasteiger partial charge in [0.1, 0.15) is 0 Å². The second kappa shape index (κ2) is 5.22. The molecule has 0 aromatic carbocycles. The first-order chi connectivity index (χ1) is 8.05. The van der Waals surface area contributed by atoms with Crippen molar-refractivity contribution in [3.05, 3.63) is 0 Å². The number of carbonyl (C=O) groups excluding carboxylic acids is 1. The van der Waals surface area contributed by atoms with Crippen LogP contribution in [0.4, 0.5) is 0 Å². The first kappa shape index (κ1) is 15.5. The van der Waals surface area contributed by atoms with E-state index in [1.807, 2.05) is 0 Å². The van der Waals surface area contributed by atoms with Gasteiger partial charge in [-0.05, 0) is 29.6 Å². The van der Waals surface area contributed by atoms with Crippen LogP contribution in [0, 0.1) is 16.7 Å². The van der Waals surface area contributed by atoms with Crippen molar-refractivity contribution in [1.29, 1.82) is 0 Å². The van der Waals surface area contributed by atoms with Crippen molar-refractivity contribution in [3.8, 4) is 0 Å². The Hall–Kier alpha value is -0.530. The SMILES string of the molecule is CC(C)C(C)(C)CC(N1CCCC1=O)C(C)(C)C. The van der Waals surface area contributed by atoms with Crippen molar-refractivity contribution in [1.82, 2.24) is 4.90 Å². The molecular weight excluding hydrogens is 222 g/mol. The van der Waals surface area contributed by atoms with E-state index in [0.29, 0.717) is 17.9 Å². The van der Waals surface area contributed by atoms with Crippen molar-refractivity contribution < 1.29 is 4.79 Å². The average molecular weight is 253 g/mol. The highest BCUT2D eigenvalue weighted by Crippen LogP contribution is 2.39. The zero-order valence-corrected chi connectivity index (χ0v) is 13.3. The number of hydrogen-bond donors (Lipinski definition) is 0. The number of nitrogens with zero attached hydrogens (tertiary/aromatic N) is 1. The molecule has 0 radical (unpaired) electrons. The fourth-order valence-corrected chi connectivity index (χ4v) is 2.62. The third kappa shape index (κ3) is 3.49. The summed E-state index contributed by atoms with van der Waals surface area (Å²) >= 11 is 0. The van der Waals surface area contributed by atoms with Crippen molar-refractivity contribution in [2.75, 3.05) is 6.54 Å². The van der Waals surface area contributed by atoms with Gasteiger partial charge in [0, 0.05) is 19.0 Å². The minimum absolute atomic E-state index is 0.159. The maximum absolute atomic E-state index is 12.0. The topological polar surface area (TPSA) is 20.3 Å². The highest BCUT2D eigenvalue weighted by molar-refractivity contribution is 5.78. The van der Waals surface area contributed by atoms with Crippen LogP contribution >= 0.6 is 0 Å². The molecule has 1 amide bonds. The number of likely N-dealkylation sites (tertiary alicyclic amines) is 1. The molecule has 1 atom stereocenters. The zero-order valence-electron chi connectivity index (χ0n) is 13.3. The molecule has 18 heavy (non-hydrogen) atoms. The first-order valence-electron chi connectivity index (χ1n) is 7.35. The molecule has 0 N–H and O–H groups in total. The predicted octanol–water partition coefficient (Wildman–Crippen LogP) is 4.10. The van der Waals surface area contributed by atoms with Crippen LogP contribution in [0.5, 0.6) is 0 Å². The van der Waals surface area contributed by atoms with E-state index in [4.69, 9.17) is 0 Å². The third-order valence-corrected chi connectivity index (χ3v) is 4.77. The lowest BCUT2D eigenvalue weighted by molar-refractivity contribution is -0.132. The molecule has 2 heteroatoms. The molecular formula is C16H31NO. The van der Waals surface area contributed by atoms with E-state index in [-0.39, 0.29) is 10.8 Å². The normalized spacial score (nSPS) is 19.8. The Morgan fingerprint density at radius 1 is 1.17 bits per heavy atom. The summed E-state index contributed by atoms with van der Waals surface area (Å²) in [5.41, 5.74) is 0.437. The van der Waals surface area contributed by atoms with Gasteiger partial charge in [0.2, 0.25) is 5.91 Å². The molecule has 0 spiro atoms. The Labute approximate surface area is 113 Å². The summed E-state index contributed by atoms with van der Waals surface area (Å²) in [5, 5.41) is 0. The van der Waals surface area contributed by atoms with Gasteiger partial charge in [-0.2, -0.15) is 0 Å². The van der Waals surface area contributed by atoms with Gasteiger partial charge in [-0.3, -0.25) is 4.79 Å². The standard InChI is InChI=1S/C16H31NO/c1-12(2)16(6,7)11-13(15(3,4)5)17-10-8-9-14(17)18/h12-13H,8-11H2,1-7H3. The molecule has 1 heterocycles. The van der Waals surface area contributed by atoms with E-state index in [9.17, 15) is 4.79 Å². The van der Waals surface area contributed by atoms with Crippen molar-refractivity contribution in [2.45, 2.75) is 73.8 Å². The number of rotatable bonds is 4. The van der Waals surface area contributed by atoms with E-state index < -0.39 is 0 Å². The molecule has 1 rings (SSSR count). The Morgan fingerprint density at radius 3 is 2.06 bits per heavy atom. The number of carbonyl (C=O) groups is 1. The lowest BCUT2D eigenvalue weighted by atomic mass is 9.70. The molecule has 2 nitrogen and oxygen atoms in total. The molecule has 1 aliphatic rings. The van der Waals surface area contributed by atoms with Crippen LogP contribution in [0.15, 0.2) is 0 Å². The van der Waals surface area contributed by atoms with Crippen LogP contribution in [0.3, 0.4) is 0 Å². The minimum atomic E-state index is 0.159. The molecule has 0 saturated carbocycles. The van der Waals surface area contributed by atoms with E-state index >= 15 is 0 Å². The molecule has 1 saturated heterocycles. The Morgan fingerprint density at radius 2 is 1.72 bits per heavy atom. The van der Waals surface area contributed by atoms with Gasteiger partial charge >= 0.3 is 0 Å². The maximum Gasteiger partial charge on any atom is 0.222 e. The van der Waals surface area contributed by atoms with Gasteiger partial charge in [0.15, 0.2) is 0 Å². The Kier molecular flexibility index (Phi) is 4.51. The molecule has 0 aromatic heterocycles. The van der Waals surface area contributed by atoms with Gasteiger partial charge < -0.3 is 4.90 Å². The molecule has 0 aliphatic carbocycles. The lowest BCUT2D eigenvalue weighted by Gasteiger charge is -2.44. The summed E-state index contributed by atoms with van der Waals surface area (Å²) in [5.74, 6) is 0.995. The summed E-state index contributed by atoms with van der Waals surface area (Å²) in [6.07, 6.45) is 2.88. The van der Waals surface area contributed by atoms with E-state index in [1.165, 1.54) is 0 Å². The summed E-state index contributed by atoms with van der Waals surface area (Å²) in [4.78, 5) is 14.2. The second-order valence-corrected chi connectivity index (χ2v) is 7.92. The molecule has 0 bridgehead atoms. The van der Waals surface area contributed by atoms with Gasteiger partial charge in [0.25, 0.3) is 0 Å². The van der Waals surface area contributed by atoms with Crippen LogP contribution in [0.2, 0.25) is 0 Å². The summed E-state index contributed by atoms with van der Waals surface area (Å²) in [6.45, 7) is 17.0. The smallest absolute Gasteiger partial charge is 0.222 e. The molecule has 106 valence electrons. The van der Waals surface area contributed by atoms with Crippen molar-refractivity contribution in [2.24, 2.45) is 16.7 Å². The van der Waals surface area contributed by atoms with Gasteiger partial charge in [0.05, 0.1) is 0 Å². The highest BCUT2D eigenvalue weighted by atomic mass is 16.2. The fourth-order valence-electron chi connectivity index (χ4n) is 2.62. The van der Waals surface area contributed by atoms with E-state index in [2.05, 4.69) is 53.4 Å². The first-order valence-corrected chi connectivity index (χ1v) is 7.35. The van der Waals surface area contributed by atoms with Gasteiger partial charge in [-0.15, -0.1) is 0 Å². The number of amides is 1. The quantitative estimate of drug-likeness (QED) is 0.739. The van der Waals surface area contributed by atoms with E-state index in [0.717, 1.165) is 25.8 Å². The van der Waals surface area contributed by atoms with Crippen LogP contribution in [0.1, 0.15) is 67.7 Å². The molecule has 0 aromatic rings. The monoisotopic (exact) mass is 253 g/mol. The maximum atomic E-state index is 12.0. The second-order valence-electron chi connectivity index (χ2n) is 7.92.